The third kappa shape index (κ3) is 5.88. The summed E-state index contributed by atoms with van der Waals surface area (Å²) >= 11 is 0. The second-order valence-electron chi connectivity index (χ2n) is 8.02. The molecular weight excluding hydrogens is 431 g/mol. The van der Waals surface area contributed by atoms with E-state index in [4.69, 9.17) is 9.47 Å². The first-order valence-corrected chi connectivity index (χ1v) is 11.0. The highest BCUT2D eigenvalue weighted by Gasteiger charge is 2.37. The summed E-state index contributed by atoms with van der Waals surface area (Å²) in [7, 11) is 3.10. The van der Waals surface area contributed by atoms with E-state index >= 15 is 0 Å². The molecule has 0 spiro atoms. The van der Waals surface area contributed by atoms with E-state index in [1.807, 2.05) is 0 Å². The Balaban J connectivity index is 1.91. The fourth-order valence-corrected chi connectivity index (χ4v) is 4.11. The summed E-state index contributed by atoms with van der Waals surface area (Å²) in [6.45, 7) is 4.72. The van der Waals surface area contributed by atoms with Crippen molar-refractivity contribution in [3.8, 4) is 0 Å². The van der Waals surface area contributed by atoms with Gasteiger partial charge >= 0.3 is 12.0 Å². The largest absolute Gasteiger partial charge is 0.463 e. The fraction of sp³-hybridized carbons (Fsp3) is 0.522. The van der Waals surface area contributed by atoms with Gasteiger partial charge < -0.3 is 19.7 Å². The van der Waals surface area contributed by atoms with Gasteiger partial charge in [-0.3, -0.25) is 14.6 Å². The predicted molar refractivity (Wildman–Crippen MR) is 119 cm³/mol. The number of nitrogens with zero attached hydrogens (tertiary/aromatic N) is 3. The summed E-state index contributed by atoms with van der Waals surface area (Å²) in [5.41, 5.74) is 1.44. The molecular formula is C23H31FN4O5. The van der Waals surface area contributed by atoms with Crippen LogP contribution in [0.4, 0.5) is 9.18 Å². The van der Waals surface area contributed by atoms with Crippen LogP contribution in [-0.2, 0) is 19.1 Å². The first-order chi connectivity index (χ1) is 15.8. The standard InChI is InChI=1S/C23H31FN4O5/c1-4-33-22(30)20-18(14-27-10-5-11-28(13-12-27)19(29)15-32-3)26(2)23(31)25-21(20)16-6-8-17(24)9-7-16/h6-9,21H,4-5,10-15H2,1-3H3,(H,25,31). The van der Waals surface area contributed by atoms with Crippen molar-refractivity contribution in [1.29, 1.82) is 0 Å². The van der Waals surface area contributed by atoms with Crippen LogP contribution in [0.3, 0.4) is 0 Å². The number of urea groups is 1. The molecule has 1 saturated heterocycles. The maximum absolute atomic E-state index is 13.5. The molecule has 33 heavy (non-hydrogen) atoms. The van der Waals surface area contributed by atoms with Gasteiger partial charge in [0.05, 0.1) is 18.2 Å². The van der Waals surface area contributed by atoms with Crippen LogP contribution in [0.1, 0.15) is 24.9 Å². The van der Waals surface area contributed by atoms with Gasteiger partial charge in [0, 0.05) is 52.6 Å². The van der Waals surface area contributed by atoms with E-state index in [2.05, 4.69) is 10.2 Å². The van der Waals surface area contributed by atoms with Crippen molar-refractivity contribution >= 4 is 17.9 Å². The molecule has 3 rings (SSSR count). The average molecular weight is 463 g/mol. The minimum atomic E-state index is -0.755. The van der Waals surface area contributed by atoms with Crippen molar-refractivity contribution in [2.75, 3.05) is 60.1 Å². The highest BCUT2D eigenvalue weighted by Crippen LogP contribution is 2.31. The molecule has 0 bridgehead atoms. The number of nitrogens with one attached hydrogen (secondary N) is 1. The Morgan fingerprint density at radius 1 is 1.15 bits per heavy atom. The lowest BCUT2D eigenvalue weighted by Crippen LogP contribution is -2.49. The summed E-state index contributed by atoms with van der Waals surface area (Å²) in [5, 5.41) is 2.83. The molecule has 2 heterocycles. The van der Waals surface area contributed by atoms with Gasteiger partial charge in [-0.1, -0.05) is 12.1 Å². The zero-order valence-electron chi connectivity index (χ0n) is 19.3. The molecule has 0 aliphatic carbocycles. The Morgan fingerprint density at radius 2 is 1.88 bits per heavy atom. The summed E-state index contributed by atoms with van der Waals surface area (Å²) in [6, 6.07) is 4.57. The molecule has 0 aromatic heterocycles. The van der Waals surface area contributed by atoms with Crippen LogP contribution in [0, 0.1) is 5.82 Å². The number of hydrogen-bond acceptors (Lipinski definition) is 6. The van der Waals surface area contributed by atoms with Crippen LogP contribution >= 0.6 is 0 Å². The van der Waals surface area contributed by atoms with Gasteiger partial charge in [0.2, 0.25) is 5.91 Å². The summed E-state index contributed by atoms with van der Waals surface area (Å²) < 4.78 is 23.8. The number of esters is 1. The first kappa shape index (κ1) is 24.7. The van der Waals surface area contributed by atoms with Gasteiger partial charge in [-0.2, -0.15) is 0 Å². The maximum Gasteiger partial charge on any atom is 0.338 e. The highest BCUT2D eigenvalue weighted by molar-refractivity contribution is 5.95. The summed E-state index contributed by atoms with van der Waals surface area (Å²) in [5.74, 6) is -0.992. The Hall–Kier alpha value is -2.98. The van der Waals surface area contributed by atoms with Crippen LogP contribution < -0.4 is 5.32 Å². The summed E-state index contributed by atoms with van der Waals surface area (Å²) in [6.07, 6.45) is 0.759. The van der Waals surface area contributed by atoms with Crippen LogP contribution in [0.15, 0.2) is 35.5 Å². The van der Waals surface area contributed by atoms with Gasteiger partial charge in [0.1, 0.15) is 12.4 Å². The van der Waals surface area contributed by atoms with Crippen molar-refractivity contribution in [3.05, 3.63) is 46.9 Å². The van der Waals surface area contributed by atoms with Crippen molar-refractivity contribution in [3.63, 3.8) is 0 Å². The van der Waals surface area contributed by atoms with E-state index in [0.29, 0.717) is 49.6 Å². The number of hydrogen-bond donors (Lipinski definition) is 1. The maximum atomic E-state index is 13.5. The zero-order chi connectivity index (χ0) is 24.0. The Kier molecular flexibility index (Phi) is 8.40. The van der Waals surface area contributed by atoms with E-state index in [0.717, 1.165) is 6.42 Å². The van der Waals surface area contributed by atoms with Crippen LogP contribution in [0.2, 0.25) is 0 Å². The lowest BCUT2D eigenvalue weighted by atomic mass is 9.94. The lowest BCUT2D eigenvalue weighted by molar-refractivity contribution is -0.139. The molecule has 9 nitrogen and oxygen atoms in total. The third-order valence-corrected chi connectivity index (χ3v) is 5.86. The molecule has 2 aliphatic rings. The number of carbonyl (C=O) groups is 3. The first-order valence-electron chi connectivity index (χ1n) is 11.0. The number of amides is 3. The lowest BCUT2D eigenvalue weighted by Gasteiger charge is -2.36. The minimum Gasteiger partial charge on any atom is -0.463 e. The molecule has 180 valence electrons. The van der Waals surface area contributed by atoms with E-state index in [-0.39, 0.29) is 25.2 Å². The predicted octanol–water partition coefficient (Wildman–Crippen LogP) is 1.52. The van der Waals surface area contributed by atoms with Gasteiger partial charge in [-0.25, -0.2) is 14.0 Å². The SMILES string of the molecule is CCOC(=O)C1=C(CN2CCCN(C(=O)COC)CC2)N(C)C(=O)NC1c1ccc(F)cc1. The molecule has 0 saturated carbocycles. The molecule has 10 heteroatoms. The molecule has 0 radical (unpaired) electrons. The quantitative estimate of drug-likeness (QED) is 0.618. The van der Waals surface area contributed by atoms with E-state index in [1.54, 1.807) is 31.0 Å². The third-order valence-electron chi connectivity index (χ3n) is 5.86. The number of benzene rings is 1. The second-order valence-corrected chi connectivity index (χ2v) is 8.02. The molecule has 1 aromatic carbocycles. The molecule has 1 unspecified atom stereocenters. The smallest absolute Gasteiger partial charge is 0.338 e. The number of methoxy groups -OCH3 is 1. The van der Waals surface area contributed by atoms with E-state index in [1.165, 1.54) is 24.1 Å². The molecule has 1 aromatic rings. The number of halogens is 1. The number of likely N-dealkylation sites (N-methyl/N-ethyl adjacent to an activating group) is 1. The van der Waals surface area contributed by atoms with Gasteiger partial charge in [-0.05, 0) is 31.0 Å². The number of carbonyl (C=O) groups excluding carboxylic acids is 3. The van der Waals surface area contributed by atoms with Crippen molar-refractivity contribution < 1.29 is 28.2 Å². The van der Waals surface area contributed by atoms with Gasteiger partial charge in [-0.15, -0.1) is 0 Å². The fourth-order valence-electron chi connectivity index (χ4n) is 4.11. The van der Waals surface area contributed by atoms with Crippen LogP contribution in [0.25, 0.3) is 0 Å². The van der Waals surface area contributed by atoms with Crippen LogP contribution in [0.5, 0.6) is 0 Å². The van der Waals surface area contributed by atoms with Crippen molar-refractivity contribution in [1.82, 2.24) is 20.0 Å². The summed E-state index contributed by atoms with van der Waals surface area (Å²) in [4.78, 5) is 43.3. The van der Waals surface area contributed by atoms with Gasteiger partial charge in [0.15, 0.2) is 0 Å². The average Bonchev–Trinajstić information content (AvgIpc) is 3.03. The highest BCUT2D eigenvalue weighted by atomic mass is 19.1. The van der Waals surface area contributed by atoms with Gasteiger partial charge in [0.25, 0.3) is 0 Å². The van der Waals surface area contributed by atoms with Crippen molar-refractivity contribution in [2.24, 2.45) is 0 Å². The second kappa shape index (κ2) is 11.2. The molecule has 1 fully saturated rings. The van der Waals surface area contributed by atoms with E-state index < -0.39 is 17.8 Å². The number of rotatable bonds is 7. The Labute approximate surface area is 193 Å². The monoisotopic (exact) mass is 462 g/mol. The van der Waals surface area contributed by atoms with Crippen molar-refractivity contribution in [2.45, 2.75) is 19.4 Å². The normalized spacial score (nSPS) is 19.9. The van der Waals surface area contributed by atoms with Crippen LogP contribution in [-0.4, -0.2) is 92.7 Å². The molecule has 2 aliphatic heterocycles. The molecule has 3 amide bonds. The molecule has 1 N–H and O–H groups in total. The zero-order valence-corrected chi connectivity index (χ0v) is 19.3. The Morgan fingerprint density at radius 3 is 2.55 bits per heavy atom. The topological polar surface area (TPSA) is 91.4 Å². The van der Waals surface area contributed by atoms with E-state index in [9.17, 15) is 18.8 Å². The Bertz CT molecular complexity index is 905. The minimum absolute atomic E-state index is 0.0421. The number of ether oxygens (including phenoxy) is 2. The molecule has 1 atom stereocenters.